The fraction of sp³-hybridized carbons (Fsp3) is 0.312. The molecule has 0 saturated carbocycles. The number of benzene rings is 1. The highest BCUT2D eigenvalue weighted by atomic mass is 14.9. The Kier molecular flexibility index (Phi) is 4.48. The molecule has 0 radical (unpaired) electrons. The molecule has 1 N–H and O–H groups in total. The van der Waals surface area contributed by atoms with Gasteiger partial charge in [-0.1, -0.05) is 42.8 Å². The molecule has 0 aliphatic heterocycles. The summed E-state index contributed by atoms with van der Waals surface area (Å²) < 4.78 is 0. The van der Waals surface area contributed by atoms with E-state index in [0.29, 0.717) is 0 Å². The molecule has 0 amide bonds. The monoisotopic (exact) mass is 240 g/mol. The summed E-state index contributed by atoms with van der Waals surface area (Å²) in [6, 6.07) is 12.7. The molecule has 2 nitrogen and oxygen atoms in total. The van der Waals surface area contributed by atoms with Crippen molar-refractivity contribution in [1.82, 2.24) is 10.3 Å². The van der Waals surface area contributed by atoms with E-state index in [2.05, 4.69) is 54.5 Å². The van der Waals surface area contributed by atoms with Gasteiger partial charge in [-0.2, -0.15) is 0 Å². The molecular formula is C16H20N2. The van der Waals surface area contributed by atoms with E-state index in [0.717, 1.165) is 25.2 Å². The molecule has 0 bridgehead atoms. The van der Waals surface area contributed by atoms with Crippen LogP contribution in [-0.4, -0.2) is 4.98 Å². The van der Waals surface area contributed by atoms with Crippen LogP contribution in [0.4, 0.5) is 0 Å². The van der Waals surface area contributed by atoms with Crippen molar-refractivity contribution in [1.29, 1.82) is 0 Å². The first-order valence-electron chi connectivity index (χ1n) is 6.48. The number of hydrogen-bond acceptors (Lipinski definition) is 2. The third-order valence-corrected chi connectivity index (χ3v) is 3.07. The van der Waals surface area contributed by atoms with Gasteiger partial charge in [0.1, 0.15) is 0 Å². The van der Waals surface area contributed by atoms with Crippen molar-refractivity contribution < 1.29 is 0 Å². The molecule has 0 atom stereocenters. The molecule has 1 aromatic carbocycles. The summed E-state index contributed by atoms with van der Waals surface area (Å²) in [4.78, 5) is 4.44. The van der Waals surface area contributed by atoms with Gasteiger partial charge in [0.2, 0.25) is 0 Å². The molecule has 0 aliphatic carbocycles. The van der Waals surface area contributed by atoms with Gasteiger partial charge in [-0.05, 0) is 30.5 Å². The van der Waals surface area contributed by atoms with Gasteiger partial charge in [0.25, 0.3) is 0 Å². The number of aromatic nitrogens is 1. The molecule has 0 fully saturated rings. The van der Waals surface area contributed by atoms with Crippen LogP contribution < -0.4 is 5.32 Å². The van der Waals surface area contributed by atoms with Gasteiger partial charge in [0.15, 0.2) is 0 Å². The van der Waals surface area contributed by atoms with Crippen molar-refractivity contribution in [3.63, 3.8) is 0 Å². The first-order chi connectivity index (χ1) is 8.79. The van der Waals surface area contributed by atoms with Gasteiger partial charge in [-0.25, -0.2) is 0 Å². The molecule has 2 heteroatoms. The van der Waals surface area contributed by atoms with E-state index in [4.69, 9.17) is 0 Å². The fourth-order valence-electron chi connectivity index (χ4n) is 2.10. The molecule has 0 aliphatic rings. The van der Waals surface area contributed by atoms with E-state index < -0.39 is 0 Å². The van der Waals surface area contributed by atoms with Gasteiger partial charge >= 0.3 is 0 Å². The molecule has 94 valence electrons. The van der Waals surface area contributed by atoms with Gasteiger partial charge in [0.05, 0.1) is 5.69 Å². The molecule has 1 heterocycles. The largest absolute Gasteiger partial charge is 0.307 e. The van der Waals surface area contributed by atoms with Crippen LogP contribution in [0.15, 0.2) is 42.6 Å². The molecule has 0 saturated heterocycles. The van der Waals surface area contributed by atoms with Crippen molar-refractivity contribution in [2.45, 2.75) is 33.4 Å². The Morgan fingerprint density at radius 1 is 1.11 bits per heavy atom. The summed E-state index contributed by atoms with van der Waals surface area (Å²) in [5.74, 6) is 0. The molecule has 18 heavy (non-hydrogen) atoms. The third-order valence-electron chi connectivity index (χ3n) is 3.07. The topological polar surface area (TPSA) is 24.9 Å². The summed E-state index contributed by atoms with van der Waals surface area (Å²) in [7, 11) is 0. The Bertz CT molecular complexity index is 506. The molecule has 2 aromatic rings. The number of pyridine rings is 1. The van der Waals surface area contributed by atoms with Crippen LogP contribution in [0, 0.1) is 6.92 Å². The average Bonchev–Trinajstić information content (AvgIpc) is 2.39. The van der Waals surface area contributed by atoms with Crippen LogP contribution in [-0.2, 0) is 19.5 Å². The Balaban J connectivity index is 1.92. The smallest absolute Gasteiger partial charge is 0.0573 e. The lowest BCUT2D eigenvalue weighted by Gasteiger charge is -2.08. The lowest BCUT2D eigenvalue weighted by atomic mass is 10.1. The quantitative estimate of drug-likeness (QED) is 0.868. The van der Waals surface area contributed by atoms with Gasteiger partial charge < -0.3 is 5.32 Å². The molecule has 1 aromatic heterocycles. The highest BCUT2D eigenvalue weighted by Crippen LogP contribution is 2.07. The van der Waals surface area contributed by atoms with Crippen LogP contribution in [0.2, 0.25) is 0 Å². The SMILES string of the molecule is CCc1cccnc1CNCc1cccc(C)c1. The summed E-state index contributed by atoms with van der Waals surface area (Å²) in [6.07, 6.45) is 2.90. The zero-order valence-corrected chi connectivity index (χ0v) is 11.1. The summed E-state index contributed by atoms with van der Waals surface area (Å²) in [5, 5.41) is 3.46. The molecule has 2 rings (SSSR count). The van der Waals surface area contributed by atoms with E-state index in [1.165, 1.54) is 16.7 Å². The van der Waals surface area contributed by atoms with Crippen molar-refractivity contribution >= 4 is 0 Å². The minimum Gasteiger partial charge on any atom is -0.307 e. The van der Waals surface area contributed by atoms with E-state index in [1.807, 2.05) is 12.3 Å². The molecular weight excluding hydrogens is 220 g/mol. The second kappa shape index (κ2) is 6.31. The standard InChI is InChI=1S/C16H20N2/c1-3-15-8-5-9-18-16(15)12-17-11-14-7-4-6-13(2)10-14/h4-10,17H,3,11-12H2,1-2H3. The number of hydrogen-bond donors (Lipinski definition) is 1. The number of rotatable bonds is 5. The first-order valence-corrected chi connectivity index (χ1v) is 6.48. The van der Waals surface area contributed by atoms with E-state index in [1.54, 1.807) is 0 Å². The highest BCUT2D eigenvalue weighted by molar-refractivity contribution is 5.23. The summed E-state index contributed by atoms with van der Waals surface area (Å²) >= 11 is 0. The number of aryl methyl sites for hydroxylation is 2. The Morgan fingerprint density at radius 3 is 2.78 bits per heavy atom. The van der Waals surface area contributed by atoms with Crippen LogP contribution in [0.1, 0.15) is 29.3 Å². The van der Waals surface area contributed by atoms with Crippen molar-refractivity contribution in [3.05, 3.63) is 65.0 Å². The first kappa shape index (κ1) is 12.8. The highest BCUT2D eigenvalue weighted by Gasteiger charge is 2.00. The van der Waals surface area contributed by atoms with Crippen molar-refractivity contribution in [3.8, 4) is 0 Å². The predicted molar refractivity (Wildman–Crippen MR) is 75.3 cm³/mol. The Labute approximate surface area is 109 Å². The molecule has 0 unspecified atom stereocenters. The second-order valence-electron chi connectivity index (χ2n) is 4.56. The van der Waals surface area contributed by atoms with Crippen LogP contribution in [0.25, 0.3) is 0 Å². The van der Waals surface area contributed by atoms with Gasteiger partial charge in [-0.3, -0.25) is 4.98 Å². The predicted octanol–water partition coefficient (Wildman–Crippen LogP) is 3.24. The fourth-order valence-corrected chi connectivity index (χ4v) is 2.10. The second-order valence-corrected chi connectivity index (χ2v) is 4.56. The zero-order valence-electron chi connectivity index (χ0n) is 11.1. The average molecular weight is 240 g/mol. The van der Waals surface area contributed by atoms with Crippen molar-refractivity contribution in [2.75, 3.05) is 0 Å². The number of nitrogens with zero attached hydrogens (tertiary/aromatic N) is 1. The summed E-state index contributed by atoms with van der Waals surface area (Å²) in [5.41, 5.74) is 5.12. The Morgan fingerprint density at radius 2 is 2.00 bits per heavy atom. The van der Waals surface area contributed by atoms with Gasteiger partial charge in [-0.15, -0.1) is 0 Å². The van der Waals surface area contributed by atoms with Gasteiger partial charge in [0, 0.05) is 19.3 Å². The lowest BCUT2D eigenvalue weighted by molar-refractivity contribution is 0.673. The number of nitrogens with one attached hydrogen (secondary N) is 1. The maximum atomic E-state index is 4.44. The van der Waals surface area contributed by atoms with Crippen LogP contribution >= 0.6 is 0 Å². The normalized spacial score (nSPS) is 10.6. The van der Waals surface area contributed by atoms with E-state index in [-0.39, 0.29) is 0 Å². The van der Waals surface area contributed by atoms with E-state index >= 15 is 0 Å². The molecule has 0 spiro atoms. The lowest BCUT2D eigenvalue weighted by Crippen LogP contribution is -2.15. The Hall–Kier alpha value is -1.67. The summed E-state index contributed by atoms with van der Waals surface area (Å²) in [6.45, 7) is 6.01. The zero-order chi connectivity index (χ0) is 12.8. The maximum Gasteiger partial charge on any atom is 0.0573 e. The van der Waals surface area contributed by atoms with Crippen LogP contribution in [0.3, 0.4) is 0 Å². The third kappa shape index (κ3) is 3.41. The maximum absolute atomic E-state index is 4.44. The van der Waals surface area contributed by atoms with Crippen LogP contribution in [0.5, 0.6) is 0 Å². The minimum absolute atomic E-state index is 0.831. The van der Waals surface area contributed by atoms with E-state index in [9.17, 15) is 0 Å². The minimum atomic E-state index is 0.831. The van der Waals surface area contributed by atoms with Crippen molar-refractivity contribution in [2.24, 2.45) is 0 Å².